The van der Waals surface area contributed by atoms with Gasteiger partial charge in [-0.15, -0.1) is 0 Å². The summed E-state index contributed by atoms with van der Waals surface area (Å²) in [4.78, 5) is 11.2. The lowest BCUT2D eigenvalue weighted by atomic mass is 10.1. The third-order valence-electron chi connectivity index (χ3n) is 5.69. The van der Waals surface area contributed by atoms with Crippen LogP contribution in [0.2, 0.25) is 0 Å². The molecule has 8 heteroatoms. The molecule has 2 heterocycles. The first-order valence-corrected chi connectivity index (χ1v) is 10.8. The van der Waals surface area contributed by atoms with Crippen LogP contribution in [0.3, 0.4) is 0 Å². The third kappa shape index (κ3) is 4.56. The van der Waals surface area contributed by atoms with Crippen molar-refractivity contribution in [2.24, 2.45) is 7.05 Å². The van der Waals surface area contributed by atoms with Crippen molar-refractivity contribution in [3.8, 4) is 22.8 Å². The van der Waals surface area contributed by atoms with Crippen LogP contribution in [0.1, 0.15) is 5.69 Å². The van der Waals surface area contributed by atoms with Crippen molar-refractivity contribution < 1.29 is 9.47 Å². The second-order valence-corrected chi connectivity index (χ2v) is 8.17. The summed E-state index contributed by atoms with van der Waals surface area (Å²) in [5.74, 6) is 1.64. The molecular weight excluding hydrogens is 416 g/mol. The first kappa shape index (κ1) is 22.4. The van der Waals surface area contributed by atoms with Gasteiger partial charge >= 0.3 is 0 Å². The summed E-state index contributed by atoms with van der Waals surface area (Å²) in [7, 11) is 7.66. The maximum absolute atomic E-state index is 6.24. The van der Waals surface area contributed by atoms with Gasteiger partial charge in [-0.3, -0.25) is 0 Å². The SMILES string of the molecule is COc1cc(OCCN(C)C)c(N)cc1Nc1nccc(-c2c(C)n(C)c3ccccc23)n1. The molecule has 0 atom stereocenters. The van der Waals surface area contributed by atoms with Crippen LogP contribution in [0.4, 0.5) is 17.3 Å². The van der Waals surface area contributed by atoms with Crippen molar-refractivity contribution in [3.05, 3.63) is 54.4 Å². The fourth-order valence-electron chi connectivity index (χ4n) is 3.83. The average molecular weight is 447 g/mol. The number of hydrogen-bond donors (Lipinski definition) is 2. The number of anilines is 3. The van der Waals surface area contributed by atoms with E-state index in [1.165, 1.54) is 0 Å². The molecule has 0 bridgehead atoms. The molecule has 2 aromatic heterocycles. The third-order valence-corrected chi connectivity index (χ3v) is 5.69. The summed E-state index contributed by atoms with van der Waals surface area (Å²) in [6.07, 6.45) is 1.75. The molecule has 0 aliphatic rings. The predicted octanol–water partition coefficient (Wildman–Crippen LogP) is 4.22. The number of hydrogen-bond acceptors (Lipinski definition) is 7. The van der Waals surface area contributed by atoms with Crippen molar-refractivity contribution in [3.63, 3.8) is 0 Å². The molecule has 172 valence electrons. The maximum Gasteiger partial charge on any atom is 0.227 e. The number of ether oxygens (including phenoxy) is 2. The first-order chi connectivity index (χ1) is 15.9. The maximum atomic E-state index is 6.24. The van der Waals surface area contributed by atoms with E-state index in [4.69, 9.17) is 20.2 Å². The fraction of sp³-hybridized carbons (Fsp3) is 0.280. The van der Waals surface area contributed by atoms with E-state index in [1.807, 2.05) is 37.2 Å². The Morgan fingerprint density at radius 3 is 2.67 bits per heavy atom. The molecule has 0 fully saturated rings. The molecule has 8 nitrogen and oxygen atoms in total. The van der Waals surface area contributed by atoms with Crippen LogP contribution >= 0.6 is 0 Å². The highest BCUT2D eigenvalue weighted by atomic mass is 16.5. The van der Waals surface area contributed by atoms with Crippen molar-refractivity contribution in [2.45, 2.75) is 6.92 Å². The van der Waals surface area contributed by atoms with E-state index in [1.54, 1.807) is 25.4 Å². The summed E-state index contributed by atoms with van der Waals surface area (Å²) < 4.78 is 13.6. The van der Waals surface area contributed by atoms with Gasteiger partial charge in [0, 0.05) is 48.0 Å². The second-order valence-electron chi connectivity index (χ2n) is 8.17. The highest BCUT2D eigenvalue weighted by Gasteiger charge is 2.16. The van der Waals surface area contributed by atoms with E-state index in [0.29, 0.717) is 35.4 Å². The van der Waals surface area contributed by atoms with Crippen molar-refractivity contribution >= 4 is 28.2 Å². The van der Waals surface area contributed by atoms with Crippen LogP contribution in [-0.2, 0) is 7.05 Å². The molecule has 0 spiro atoms. The van der Waals surface area contributed by atoms with Crippen LogP contribution in [0.25, 0.3) is 22.2 Å². The number of aromatic nitrogens is 3. The zero-order valence-corrected chi connectivity index (χ0v) is 19.7. The van der Waals surface area contributed by atoms with Gasteiger partial charge in [0.25, 0.3) is 0 Å². The Hall–Kier alpha value is -3.78. The average Bonchev–Trinajstić information content (AvgIpc) is 3.05. The molecule has 3 N–H and O–H groups in total. The van der Waals surface area contributed by atoms with E-state index < -0.39 is 0 Å². The number of nitrogens with one attached hydrogen (secondary N) is 1. The number of benzene rings is 2. The number of nitrogens with zero attached hydrogens (tertiary/aromatic N) is 4. The number of nitrogens with two attached hydrogens (primary N) is 1. The number of likely N-dealkylation sites (N-methyl/N-ethyl adjacent to an activating group) is 1. The Morgan fingerprint density at radius 2 is 1.91 bits per heavy atom. The number of rotatable bonds is 8. The van der Waals surface area contributed by atoms with Gasteiger partial charge in [-0.05, 0) is 39.2 Å². The molecule has 0 saturated carbocycles. The lowest BCUT2D eigenvalue weighted by molar-refractivity contribution is 0.261. The van der Waals surface area contributed by atoms with E-state index in [-0.39, 0.29) is 0 Å². The molecule has 0 saturated heterocycles. The highest BCUT2D eigenvalue weighted by Crippen LogP contribution is 2.37. The molecule has 0 aliphatic heterocycles. The lowest BCUT2D eigenvalue weighted by Gasteiger charge is -2.16. The number of methoxy groups -OCH3 is 1. The minimum atomic E-state index is 0.457. The predicted molar refractivity (Wildman–Crippen MR) is 133 cm³/mol. The molecule has 0 unspecified atom stereocenters. The quantitative estimate of drug-likeness (QED) is 0.392. The van der Waals surface area contributed by atoms with Crippen LogP contribution in [0.5, 0.6) is 11.5 Å². The van der Waals surface area contributed by atoms with E-state index >= 15 is 0 Å². The monoisotopic (exact) mass is 446 g/mol. The van der Waals surface area contributed by atoms with Gasteiger partial charge in [-0.2, -0.15) is 0 Å². The minimum Gasteiger partial charge on any atom is -0.494 e. The zero-order valence-electron chi connectivity index (χ0n) is 19.7. The summed E-state index contributed by atoms with van der Waals surface area (Å²) in [5, 5.41) is 4.41. The molecule has 2 aromatic carbocycles. The van der Waals surface area contributed by atoms with Crippen LogP contribution < -0.4 is 20.5 Å². The Morgan fingerprint density at radius 1 is 1.12 bits per heavy atom. The largest absolute Gasteiger partial charge is 0.494 e. The molecule has 4 rings (SSSR count). The lowest BCUT2D eigenvalue weighted by Crippen LogP contribution is -2.19. The molecule has 0 radical (unpaired) electrons. The van der Waals surface area contributed by atoms with E-state index in [2.05, 4.69) is 41.0 Å². The standard InChI is InChI=1S/C25H30N6O2/c1-16-24(17-8-6-7-9-21(17)31(16)4)19-10-11-27-25(28-19)29-20-14-18(26)22(15-23(20)32-5)33-13-12-30(2)3/h6-11,14-15H,12-13,26H2,1-5H3,(H,27,28,29). The molecule has 0 aliphatic carbocycles. The number of fused-ring (bicyclic) bond motifs is 1. The minimum absolute atomic E-state index is 0.457. The Bertz CT molecular complexity index is 1280. The van der Waals surface area contributed by atoms with Crippen molar-refractivity contribution in [2.75, 3.05) is 45.4 Å². The summed E-state index contributed by atoms with van der Waals surface area (Å²) in [5.41, 5.74) is 11.7. The number of para-hydroxylation sites is 1. The van der Waals surface area contributed by atoms with Gasteiger partial charge in [0.1, 0.15) is 18.1 Å². The Balaban J connectivity index is 1.65. The first-order valence-electron chi connectivity index (χ1n) is 10.8. The smallest absolute Gasteiger partial charge is 0.227 e. The molecule has 4 aromatic rings. The van der Waals surface area contributed by atoms with Crippen molar-refractivity contribution in [1.82, 2.24) is 19.4 Å². The topological polar surface area (TPSA) is 90.5 Å². The summed E-state index contributed by atoms with van der Waals surface area (Å²) in [6.45, 7) is 3.42. The second kappa shape index (κ2) is 9.38. The molecular formula is C25H30N6O2. The normalized spacial score (nSPS) is 11.2. The van der Waals surface area contributed by atoms with Gasteiger partial charge in [-0.25, -0.2) is 9.97 Å². The van der Waals surface area contributed by atoms with Crippen LogP contribution in [0, 0.1) is 6.92 Å². The Kier molecular flexibility index (Phi) is 6.37. The van der Waals surface area contributed by atoms with Gasteiger partial charge in [0.2, 0.25) is 5.95 Å². The Labute approximate surface area is 194 Å². The zero-order chi connectivity index (χ0) is 23.5. The van der Waals surface area contributed by atoms with E-state index in [0.717, 1.165) is 34.4 Å². The summed E-state index contributed by atoms with van der Waals surface area (Å²) >= 11 is 0. The van der Waals surface area contributed by atoms with Crippen LogP contribution in [-0.4, -0.2) is 53.8 Å². The molecule has 0 amide bonds. The summed E-state index contributed by atoms with van der Waals surface area (Å²) in [6, 6.07) is 13.8. The van der Waals surface area contributed by atoms with Gasteiger partial charge in [0.05, 0.1) is 24.2 Å². The van der Waals surface area contributed by atoms with Crippen LogP contribution in [0.15, 0.2) is 48.7 Å². The number of aryl methyl sites for hydroxylation is 1. The number of nitrogen functional groups attached to an aromatic ring is 1. The van der Waals surface area contributed by atoms with Crippen molar-refractivity contribution in [1.29, 1.82) is 0 Å². The van der Waals surface area contributed by atoms with Gasteiger partial charge < -0.3 is 30.0 Å². The van der Waals surface area contributed by atoms with E-state index in [9.17, 15) is 0 Å². The fourth-order valence-corrected chi connectivity index (χ4v) is 3.83. The van der Waals surface area contributed by atoms with Gasteiger partial charge in [0.15, 0.2) is 0 Å². The highest BCUT2D eigenvalue weighted by molar-refractivity contribution is 5.97. The molecule has 33 heavy (non-hydrogen) atoms. The van der Waals surface area contributed by atoms with Gasteiger partial charge in [-0.1, -0.05) is 18.2 Å².